The lowest BCUT2D eigenvalue weighted by Gasteiger charge is -2.13. The Bertz CT molecular complexity index is 889. The molecule has 0 unspecified atom stereocenters. The summed E-state index contributed by atoms with van der Waals surface area (Å²) in [5.74, 6) is 0.351. The maximum atomic E-state index is 12.0. The highest BCUT2D eigenvalue weighted by molar-refractivity contribution is 9.10. The van der Waals surface area contributed by atoms with Crippen LogP contribution >= 0.6 is 15.9 Å². The molecule has 0 aliphatic rings. The van der Waals surface area contributed by atoms with Crippen LogP contribution in [0, 0.1) is 0 Å². The number of hydrogen-bond donors (Lipinski definition) is 4. The fourth-order valence-electron chi connectivity index (χ4n) is 1.98. The summed E-state index contributed by atoms with van der Waals surface area (Å²) in [6.07, 6.45) is 4.39. The van der Waals surface area contributed by atoms with E-state index in [1.54, 1.807) is 18.3 Å². The van der Waals surface area contributed by atoms with Gasteiger partial charge in [0.2, 0.25) is 0 Å². The van der Waals surface area contributed by atoms with Gasteiger partial charge >= 0.3 is 0 Å². The Morgan fingerprint density at radius 3 is 2.72 bits per heavy atom. The molecule has 8 nitrogen and oxygen atoms in total. The number of nitrogens with two attached hydrogens (primary N) is 1. The highest BCUT2D eigenvalue weighted by atomic mass is 79.9. The number of anilines is 4. The zero-order valence-corrected chi connectivity index (χ0v) is 14.5. The maximum Gasteiger partial charge on any atom is 0.271 e. The number of rotatable bonds is 5. The Hall–Kier alpha value is -3.20. The van der Waals surface area contributed by atoms with Gasteiger partial charge in [0.25, 0.3) is 5.91 Å². The molecule has 0 fully saturated rings. The summed E-state index contributed by atoms with van der Waals surface area (Å²) in [6.45, 7) is 0. The minimum Gasteiger partial charge on any atom is -0.393 e. The molecule has 5 N–H and O–H groups in total. The molecule has 9 heteroatoms. The molecule has 1 aromatic carbocycles. The lowest BCUT2D eigenvalue weighted by Crippen LogP contribution is -2.30. The quantitative estimate of drug-likeness (QED) is 0.487. The number of nitrogens with zero attached hydrogens (tertiary/aromatic N) is 3. The number of halogens is 1. The Kier molecular flexibility index (Phi) is 5.05. The van der Waals surface area contributed by atoms with E-state index in [0.29, 0.717) is 11.4 Å². The van der Waals surface area contributed by atoms with E-state index in [0.717, 1.165) is 10.2 Å². The number of benzene rings is 1. The molecular formula is C16H14BrN7O. The third-order valence-electron chi connectivity index (χ3n) is 3.19. The minimum absolute atomic E-state index is 0.272. The second kappa shape index (κ2) is 7.58. The summed E-state index contributed by atoms with van der Waals surface area (Å²) in [6, 6.07) is 10.9. The SMILES string of the molecule is Nc1c(NNC(=O)c2cccnc2)ncnc1Nc1cccc(Br)c1. The van der Waals surface area contributed by atoms with Crippen molar-refractivity contribution in [2.75, 3.05) is 16.5 Å². The summed E-state index contributed by atoms with van der Waals surface area (Å²) in [4.78, 5) is 24.1. The van der Waals surface area contributed by atoms with Gasteiger partial charge in [-0.1, -0.05) is 22.0 Å². The fourth-order valence-corrected chi connectivity index (χ4v) is 2.38. The van der Waals surface area contributed by atoms with Crippen molar-refractivity contribution in [2.24, 2.45) is 0 Å². The molecule has 0 atom stereocenters. The predicted molar refractivity (Wildman–Crippen MR) is 99.2 cm³/mol. The van der Waals surface area contributed by atoms with Crippen molar-refractivity contribution in [1.29, 1.82) is 0 Å². The first-order chi connectivity index (χ1) is 12.1. The molecule has 0 bridgehead atoms. The summed E-state index contributed by atoms with van der Waals surface area (Å²) in [5.41, 5.74) is 12.8. The van der Waals surface area contributed by atoms with Crippen LogP contribution in [0.1, 0.15) is 10.4 Å². The molecule has 126 valence electrons. The molecule has 1 amide bonds. The van der Waals surface area contributed by atoms with Crippen molar-refractivity contribution >= 4 is 44.8 Å². The van der Waals surface area contributed by atoms with E-state index in [1.165, 1.54) is 12.5 Å². The van der Waals surface area contributed by atoms with Gasteiger partial charge in [-0.25, -0.2) is 9.97 Å². The molecule has 0 saturated heterocycles. The number of carbonyl (C=O) groups is 1. The lowest BCUT2D eigenvalue weighted by atomic mass is 10.3. The van der Waals surface area contributed by atoms with E-state index in [9.17, 15) is 4.79 Å². The van der Waals surface area contributed by atoms with Crippen LogP contribution in [0.2, 0.25) is 0 Å². The number of amides is 1. The largest absolute Gasteiger partial charge is 0.393 e. The zero-order valence-electron chi connectivity index (χ0n) is 12.9. The van der Waals surface area contributed by atoms with Crippen molar-refractivity contribution in [1.82, 2.24) is 20.4 Å². The van der Waals surface area contributed by atoms with Crippen LogP contribution in [0.5, 0.6) is 0 Å². The van der Waals surface area contributed by atoms with Gasteiger partial charge in [-0.05, 0) is 30.3 Å². The monoisotopic (exact) mass is 399 g/mol. The maximum absolute atomic E-state index is 12.0. The molecule has 3 rings (SSSR count). The number of aromatic nitrogens is 3. The topological polar surface area (TPSA) is 118 Å². The first kappa shape index (κ1) is 16.7. The second-order valence-electron chi connectivity index (χ2n) is 4.94. The minimum atomic E-state index is -0.354. The smallest absolute Gasteiger partial charge is 0.271 e. The molecule has 2 heterocycles. The first-order valence-electron chi connectivity index (χ1n) is 7.23. The van der Waals surface area contributed by atoms with Crippen molar-refractivity contribution in [2.45, 2.75) is 0 Å². The molecular weight excluding hydrogens is 386 g/mol. The van der Waals surface area contributed by atoms with Gasteiger partial charge < -0.3 is 11.1 Å². The molecule has 0 spiro atoms. The number of carbonyl (C=O) groups excluding carboxylic acids is 1. The highest BCUT2D eigenvalue weighted by Gasteiger charge is 2.10. The summed E-state index contributed by atoms with van der Waals surface area (Å²) >= 11 is 3.40. The molecule has 0 radical (unpaired) electrons. The average Bonchev–Trinajstić information content (AvgIpc) is 2.63. The first-order valence-corrected chi connectivity index (χ1v) is 8.02. The van der Waals surface area contributed by atoms with Crippen LogP contribution < -0.4 is 21.9 Å². The Morgan fingerprint density at radius 2 is 1.96 bits per heavy atom. The molecule has 0 aliphatic carbocycles. The van der Waals surface area contributed by atoms with E-state index >= 15 is 0 Å². The summed E-state index contributed by atoms with van der Waals surface area (Å²) < 4.78 is 0.923. The van der Waals surface area contributed by atoms with Crippen LogP contribution in [0.25, 0.3) is 0 Å². The normalized spacial score (nSPS) is 10.1. The molecule has 0 saturated carbocycles. The van der Waals surface area contributed by atoms with Crippen molar-refractivity contribution in [3.05, 3.63) is 65.2 Å². The number of hydrogen-bond acceptors (Lipinski definition) is 7. The molecule has 3 aromatic rings. The van der Waals surface area contributed by atoms with Gasteiger partial charge in [-0.2, -0.15) is 0 Å². The second-order valence-corrected chi connectivity index (χ2v) is 5.86. The van der Waals surface area contributed by atoms with Gasteiger partial charge in [0.05, 0.1) is 5.56 Å². The van der Waals surface area contributed by atoms with E-state index in [2.05, 4.69) is 47.1 Å². The van der Waals surface area contributed by atoms with E-state index in [1.807, 2.05) is 24.3 Å². The Morgan fingerprint density at radius 1 is 1.12 bits per heavy atom. The third-order valence-corrected chi connectivity index (χ3v) is 3.68. The lowest BCUT2D eigenvalue weighted by molar-refractivity contribution is 0.0962. The van der Waals surface area contributed by atoms with Crippen LogP contribution in [-0.4, -0.2) is 20.9 Å². The van der Waals surface area contributed by atoms with Crippen molar-refractivity contribution in [3.8, 4) is 0 Å². The Labute approximate surface area is 152 Å². The summed E-state index contributed by atoms with van der Waals surface area (Å²) in [7, 11) is 0. The van der Waals surface area contributed by atoms with Gasteiger partial charge in [0, 0.05) is 22.6 Å². The predicted octanol–water partition coefficient (Wildman–Crippen LogP) is 2.72. The van der Waals surface area contributed by atoms with Crippen molar-refractivity contribution < 1.29 is 4.79 Å². The third kappa shape index (κ3) is 4.21. The summed E-state index contributed by atoms with van der Waals surface area (Å²) in [5, 5.41) is 3.10. The van der Waals surface area contributed by atoms with E-state index < -0.39 is 0 Å². The average molecular weight is 400 g/mol. The van der Waals surface area contributed by atoms with Crippen LogP contribution in [0.4, 0.5) is 23.0 Å². The number of nitrogens with one attached hydrogen (secondary N) is 3. The van der Waals surface area contributed by atoms with Gasteiger partial charge in [0.15, 0.2) is 11.6 Å². The van der Waals surface area contributed by atoms with Gasteiger partial charge in [-0.15, -0.1) is 0 Å². The Balaban J connectivity index is 1.72. The standard InChI is InChI=1S/C16H14BrN7O/c17-11-4-1-5-12(7-11)22-14-13(18)15(21-9-20-14)23-24-16(25)10-3-2-6-19-8-10/h1-9H,18H2,(H,24,25)(H2,20,21,22,23). The van der Waals surface area contributed by atoms with E-state index in [4.69, 9.17) is 5.73 Å². The number of nitrogen functional groups attached to an aromatic ring is 1. The number of pyridine rings is 1. The van der Waals surface area contributed by atoms with Gasteiger partial charge in [0.1, 0.15) is 12.0 Å². The van der Waals surface area contributed by atoms with Crippen LogP contribution in [-0.2, 0) is 0 Å². The molecule has 25 heavy (non-hydrogen) atoms. The van der Waals surface area contributed by atoms with Crippen LogP contribution in [0.15, 0.2) is 59.6 Å². The van der Waals surface area contributed by atoms with E-state index in [-0.39, 0.29) is 17.4 Å². The van der Waals surface area contributed by atoms with Crippen molar-refractivity contribution in [3.63, 3.8) is 0 Å². The highest BCUT2D eigenvalue weighted by Crippen LogP contribution is 2.26. The molecule has 0 aliphatic heterocycles. The van der Waals surface area contributed by atoms with Gasteiger partial charge in [-0.3, -0.25) is 20.6 Å². The van der Waals surface area contributed by atoms with Crippen LogP contribution in [0.3, 0.4) is 0 Å². The number of hydrazine groups is 1. The fraction of sp³-hybridized carbons (Fsp3) is 0. The molecule has 2 aromatic heterocycles. The zero-order chi connectivity index (χ0) is 17.6.